The van der Waals surface area contributed by atoms with Crippen LogP contribution in [0.4, 0.5) is 5.69 Å². The number of Topliss-reactive ketones (excluding diaryl/α,β-unsaturated/α-hetero) is 2. The van der Waals surface area contributed by atoms with Crippen LogP contribution in [0.2, 0.25) is 0 Å². The number of nitrogens with two attached hydrogens (primary N) is 1. The Morgan fingerprint density at radius 3 is 2.16 bits per heavy atom. The monoisotopic (exact) mass is 330 g/mol. The Balaban J connectivity index is 1.98. The van der Waals surface area contributed by atoms with E-state index in [4.69, 9.17) is 11.1 Å². The Morgan fingerprint density at radius 2 is 1.52 bits per heavy atom. The number of hydrogen-bond donors (Lipinski definition) is 3. The first-order chi connectivity index (χ1) is 12.0. The molecule has 2 aliphatic rings. The Bertz CT molecular complexity index is 1010. The predicted molar refractivity (Wildman–Crippen MR) is 94.7 cm³/mol. The Hall–Kier alpha value is -3.31. The maximum absolute atomic E-state index is 13.0. The Labute approximate surface area is 143 Å². The number of anilines is 1. The summed E-state index contributed by atoms with van der Waals surface area (Å²) < 4.78 is 0. The molecule has 0 aliphatic heterocycles. The zero-order chi connectivity index (χ0) is 17.7. The molecule has 1 unspecified atom stereocenters. The molecular formula is C20H14N2O3. The highest BCUT2D eigenvalue weighted by atomic mass is 16.3. The molecule has 0 bridgehead atoms. The van der Waals surface area contributed by atoms with Gasteiger partial charge in [-0.15, -0.1) is 0 Å². The molecule has 122 valence electrons. The second-order valence-electron chi connectivity index (χ2n) is 6.03. The van der Waals surface area contributed by atoms with Gasteiger partial charge >= 0.3 is 0 Å². The third-order valence-electron chi connectivity index (χ3n) is 4.52. The molecule has 4 rings (SSSR count). The minimum Gasteiger partial charge on any atom is -0.399 e. The van der Waals surface area contributed by atoms with E-state index < -0.39 is 11.9 Å². The summed E-state index contributed by atoms with van der Waals surface area (Å²) in [6, 6.07) is 13.4. The molecule has 5 nitrogen and oxygen atoms in total. The van der Waals surface area contributed by atoms with Gasteiger partial charge in [0.15, 0.2) is 11.6 Å². The molecule has 0 aromatic heterocycles. The van der Waals surface area contributed by atoms with Crippen molar-refractivity contribution in [3.8, 4) is 0 Å². The highest BCUT2D eigenvalue weighted by Gasteiger charge is 2.40. The molecule has 2 aliphatic carbocycles. The van der Waals surface area contributed by atoms with Gasteiger partial charge in [-0.3, -0.25) is 9.59 Å². The predicted octanol–water partition coefficient (Wildman–Crippen LogP) is 2.42. The van der Waals surface area contributed by atoms with Gasteiger partial charge in [-0.1, -0.05) is 36.4 Å². The van der Waals surface area contributed by atoms with Crippen LogP contribution in [-0.2, 0) is 0 Å². The van der Waals surface area contributed by atoms with E-state index in [1.54, 1.807) is 48.5 Å². The first-order valence-electron chi connectivity index (χ1n) is 7.76. The number of fused-ring (bicyclic) bond motifs is 1. The number of aliphatic hydroxyl groups excluding tert-OH is 1. The van der Waals surface area contributed by atoms with E-state index in [0.29, 0.717) is 22.4 Å². The van der Waals surface area contributed by atoms with Gasteiger partial charge in [0, 0.05) is 28.0 Å². The zero-order valence-corrected chi connectivity index (χ0v) is 13.1. The molecule has 5 heteroatoms. The highest BCUT2D eigenvalue weighted by molar-refractivity contribution is 6.36. The van der Waals surface area contributed by atoms with Crippen LogP contribution in [0, 0.1) is 5.41 Å². The van der Waals surface area contributed by atoms with Gasteiger partial charge in [-0.25, -0.2) is 0 Å². The number of benzene rings is 2. The van der Waals surface area contributed by atoms with E-state index in [2.05, 4.69) is 0 Å². The second-order valence-corrected chi connectivity index (χ2v) is 6.03. The summed E-state index contributed by atoms with van der Waals surface area (Å²) in [6.45, 7) is 0. The number of carbonyl (C=O) groups excluding carboxylic acids is 2. The molecule has 0 spiro atoms. The molecular weight excluding hydrogens is 316 g/mol. The number of nitrogen functional groups attached to an aromatic ring is 1. The number of aliphatic hydroxyl groups is 1. The number of carbonyl (C=O) groups is 2. The van der Waals surface area contributed by atoms with E-state index in [0.717, 1.165) is 0 Å². The molecule has 0 saturated heterocycles. The second kappa shape index (κ2) is 5.36. The standard InChI is InChI=1S/C20H14N2O3/c21-11-7-5-10(6-8-11)14-9-15(22)20(25)17-16(14)18(23)12-3-1-2-4-13(12)19(17)24/h1-9,20,22,25H,21H2. The number of allylic oxidation sites excluding steroid dienone is 2. The van der Waals surface area contributed by atoms with Crippen molar-refractivity contribution in [2.75, 3.05) is 5.73 Å². The number of ketones is 2. The summed E-state index contributed by atoms with van der Waals surface area (Å²) >= 11 is 0. The maximum Gasteiger partial charge on any atom is 0.194 e. The minimum atomic E-state index is -1.41. The normalized spacial score (nSPS) is 19.5. The fourth-order valence-corrected chi connectivity index (χ4v) is 3.28. The highest BCUT2D eigenvalue weighted by Crippen LogP contribution is 2.39. The van der Waals surface area contributed by atoms with Gasteiger partial charge in [0.05, 0.1) is 5.71 Å². The van der Waals surface area contributed by atoms with Crippen molar-refractivity contribution >= 4 is 28.5 Å². The van der Waals surface area contributed by atoms with Gasteiger partial charge in [0.1, 0.15) is 6.10 Å². The average molecular weight is 330 g/mol. The third-order valence-corrected chi connectivity index (χ3v) is 4.52. The third kappa shape index (κ3) is 2.17. The first kappa shape index (κ1) is 15.2. The molecule has 0 heterocycles. The number of rotatable bonds is 1. The van der Waals surface area contributed by atoms with Crippen molar-refractivity contribution in [3.05, 3.63) is 82.4 Å². The molecule has 0 radical (unpaired) electrons. The topological polar surface area (TPSA) is 104 Å². The van der Waals surface area contributed by atoms with Crippen molar-refractivity contribution in [1.29, 1.82) is 5.41 Å². The summed E-state index contributed by atoms with van der Waals surface area (Å²) in [5, 5.41) is 18.4. The zero-order valence-electron chi connectivity index (χ0n) is 13.1. The van der Waals surface area contributed by atoms with Crippen LogP contribution in [-0.4, -0.2) is 28.5 Å². The van der Waals surface area contributed by atoms with Crippen molar-refractivity contribution in [3.63, 3.8) is 0 Å². The quantitative estimate of drug-likeness (QED) is 0.698. The van der Waals surface area contributed by atoms with Gasteiger partial charge < -0.3 is 16.2 Å². The van der Waals surface area contributed by atoms with E-state index in [1.165, 1.54) is 6.08 Å². The van der Waals surface area contributed by atoms with E-state index >= 15 is 0 Å². The molecule has 2 aromatic rings. The van der Waals surface area contributed by atoms with E-state index in [1.807, 2.05) is 0 Å². The van der Waals surface area contributed by atoms with Crippen LogP contribution in [0.3, 0.4) is 0 Å². The van der Waals surface area contributed by atoms with Crippen molar-refractivity contribution < 1.29 is 14.7 Å². The van der Waals surface area contributed by atoms with Gasteiger partial charge in [0.25, 0.3) is 0 Å². The summed E-state index contributed by atoms with van der Waals surface area (Å²) in [4.78, 5) is 25.9. The first-order valence-corrected chi connectivity index (χ1v) is 7.76. The van der Waals surface area contributed by atoms with Gasteiger partial charge in [-0.05, 0) is 29.3 Å². The number of hydrogen-bond acceptors (Lipinski definition) is 5. The van der Waals surface area contributed by atoms with E-state index in [9.17, 15) is 14.7 Å². The van der Waals surface area contributed by atoms with Crippen LogP contribution < -0.4 is 5.73 Å². The lowest BCUT2D eigenvalue weighted by atomic mass is 9.74. The lowest BCUT2D eigenvalue weighted by molar-refractivity contribution is 0.0957. The Kier molecular flexibility index (Phi) is 3.26. The van der Waals surface area contributed by atoms with Crippen molar-refractivity contribution in [2.45, 2.75) is 6.10 Å². The van der Waals surface area contributed by atoms with Gasteiger partial charge in [-0.2, -0.15) is 0 Å². The molecule has 1 atom stereocenters. The molecule has 0 fully saturated rings. The SMILES string of the molecule is N=C1C=C(c2ccc(N)cc2)C2=C(C(=O)c3ccccc3C2=O)C1O. The van der Waals surface area contributed by atoms with Crippen LogP contribution in [0.15, 0.2) is 65.8 Å². The van der Waals surface area contributed by atoms with Gasteiger partial charge in [0.2, 0.25) is 0 Å². The molecule has 0 amide bonds. The minimum absolute atomic E-state index is 0.0250. The van der Waals surface area contributed by atoms with Crippen LogP contribution in [0.5, 0.6) is 0 Å². The molecule has 0 saturated carbocycles. The van der Waals surface area contributed by atoms with Crippen LogP contribution >= 0.6 is 0 Å². The summed E-state index contributed by atoms with van der Waals surface area (Å²) in [6.07, 6.45) is 0.0334. The Morgan fingerprint density at radius 1 is 0.920 bits per heavy atom. The summed E-state index contributed by atoms with van der Waals surface area (Å²) in [5.41, 5.74) is 8.00. The smallest absolute Gasteiger partial charge is 0.194 e. The van der Waals surface area contributed by atoms with E-state index in [-0.39, 0.29) is 28.2 Å². The molecule has 25 heavy (non-hydrogen) atoms. The lowest BCUT2D eigenvalue weighted by Crippen LogP contribution is -2.36. The summed E-state index contributed by atoms with van der Waals surface area (Å²) in [5.74, 6) is -0.733. The maximum atomic E-state index is 13.0. The van der Waals surface area contributed by atoms with Crippen LogP contribution in [0.1, 0.15) is 26.3 Å². The fourth-order valence-electron chi connectivity index (χ4n) is 3.28. The molecule has 2 aromatic carbocycles. The van der Waals surface area contributed by atoms with Crippen molar-refractivity contribution in [2.24, 2.45) is 0 Å². The molecule has 4 N–H and O–H groups in total. The summed E-state index contributed by atoms with van der Waals surface area (Å²) in [7, 11) is 0. The average Bonchev–Trinajstić information content (AvgIpc) is 2.62. The lowest BCUT2D eigenvalue weighted by Gasteiger charge is -2.29. The largest absolute Gasteiger partial charge is 0.399 e. The fraction of sp³-hybridized carbons (Fsp3) is 0.0500. The number of nitrogens with one attached hydrogen (secondary N) is 1. The van der Waals surface area contributed by atoms with Crippen molar-refractivity contribution in [1.82, 2.24) is 0 Å². The van der Waals surface area contributed by atoms with Crippen LogP contribution in [0.25, 0.3) is 5.57 Å².